The van der Waals surface area contributed by atoms with Crippen molar-refractivity contribution in [2.45, 2.75) is 27.3 Å². The Morgan fingerprint density at radius 2 is 1.86 bits per heavy atom. The normalized spacial score (nSPS) is 12.3. The molecule has 4 nitrogen and oxygen atoms in total. The summed E-state index contributed by atoms with van der Waals surface area (Å²) in [6.07, 6.45) is 0. The molecule has 1 rings (SSSR count). The molecule has 0 radical (unpaired) electrons. The van der Waals surface area contributed by atoms with Crippen molar-refractivity contribution in [3.05, 3.63) is 29.8 Å². The molecule has 1 aromatic rings. The molecular formula is C17H30N3O+. The highest BCUT2D eigenvalue weighted by Gasteiger charge is 2.13. The Bertz CT molecular complexity index is 426. The monoisotopic (exact) mass is 292 g/mol. The summed E-state index contributed by atoms with van der Waals surface area (Å²) >= 11 is 0. The molecule has 0 aliphatic rings. The van der Waals surface area contributed by atoms with E-state index >= 15 is 0 Å². The van der Waals surface area contributed by atoms with E-state index in [9.17, 15) is 4.79 Å². The summed E-state index contributed by atoms with van der Waals surface area (Å²) in [5, 5.41) is 2.99. The molecule has 1 atom stereocenters. The molecule has 2 N–H and O–H groups in total. The van der Waals surface area contributed by atoms with Crippen LogP contribution in [-0.2, 0) is 11.3 Å². The Labute approximate surface area is 129 Å². The van der Waals surface area contributed by atoms with Crippen LogP contribution in [0.1, 0.15) is 26.3 Å². The van der Waals surface area contributed by atoms with Crippen LogP contribution >= 0.6 is 0 Å². The van der Waals surface area contributed by atoms with Crippen LogP contribution in [0.5, 0.6) is 0 Å². The van der Waals surface area contributed by atoms with Gasteiger partial charge in [-0.3, -0.25) is 4.79 Å². The molecule has 21 heavy (non-hydrogen) atoms. The number of carbonyl (C=O) groups excluding carboxylic acids is 1. The molecule has 1 amide bonds. The van der Waals surface area contributed by atoms with Crippen LogP contribution in [0.4, 0.5) is 5.69 Å². The second-order valence-corrected chi connectivity index (χ2v) is 6.22. The van der Waals surface area contributed by atoms with E-state index in [1.807, 2.05) is 14.1 Å². The molecule has 0 fully saturated rings. The minimum atomic E-state index is 0.144. The summed E-state index contributed by atoms with van der Waals surface area (Å²) in [4.78, 5) is 15.3. The first-order chi connectivity index (χ1) is 9.92. The zero-order valence-electron chi connectivity index (χ0n) is 14.1. The molecule has 1 unspecified atom stereocenters. The van der Waals surface area contributed by atoms with E-state index < -0.39 is 0 Å². The van der Waals surface area contributed by atoms with Gasteiger partial charge >= 0.3 is 0 Å². The maximum absolute atomic E-state index is 11.9. The minimum Gasteiger partial charge on any atom is -0.378 e. The number of quaternary nitrogens is 1. The Morgan fingerprint density at radius 3 is 2.33 bits per heavy atom. The molecule has 118 valence electrons. The highest BCUT2D eigenvalue weighted by molar-refractivity contribution is 5.76. The van der Waals surface area contributed by atoms with Crippen molar-refractivity contribution in [1.29, 1.82) is 0 Å². The average molecular weight is 292 g/mol. The first-order valence-electron chi connectivity index (χ1n) is 7.78. The zero-order chi connectivity index (χ0) is 15.8. The molecule has 0 aliphatic carbocycles. The van der Waals surface area contributed by atoms with E-state index in [0.717, 1.165) is 19.6 Å². The number of nitrogens with zero attached hydrogens (tertiary/aromatic N) is 1. The van der Waals surface area contributed by atoms with Crippen molar-refractivity contribution in [3.63, 3.8) is 0 Å². The number of hydrogen-bond donors (Lipinski definition) is 2. The van der Waals surface area contributed by atoms with Crippen LogP contribution in [0.3, 0.4) is 0 Å². The first-order valence-corrected chi connectivity index (χ1v) is 7.78. The largest absolute Gasteiger partial charge is 0.378 e. The maximum atomic E-state index is 11.9. The molecule has 4 heteroatoms. The van der Waals surface area contributed by atoms with E-state index in [2.05, 4.69) is 55.3 Å². The fourth-order valence-electron chi connectivity index (χ4n) is 2.12. The summed E-state index contributed by atoms with van der Waals surface area (Å²) in [5.41, 5.74) is 2.47. The summed E-state index contributed by atoms with van der Waals surface area (Å²) in [5.74, 6) is 0.642. The van der Waals surface area contributed by atoms with Gasteiger partial charge < -0.3 is 15.1 Å². The lowest BCUT2D eigenvalue weighted by atomic mass is 10.2. The van der Waals surface area contributed by atoms with Crippen molar-refractivity contribution in [2.24, 2.45) is 5.92 Å². The van der Waals surface area contributed by atoms with E-state index in [1.54, 1.807) is 0 Å². The van der Waals surface area contributed by atoms with Crippen LogP contribution in [-0.4, -0.2) is 39.6 Å². The third kappa shape index (κ3) is 6.63. The fraction of sp³-hybridized carbons (Fsp3) is 0.588. The van der Waals surface area contributed by atoms with Crippen molar-refractivity contribution in [2.75, 3.05) is 38.6 Å². The fourth-order valence-corrected chi connectivity index (χ4v) is 2.12. The molecule has 0 saturated heterocycles. The van der Waals surface area contributed by atoms with Crippen LogP contribution < -0.4 is 15.1 Å². The Kier molecular flexibility index (Phi) is 7.23. The average Bonchev–Trinajstić information content (AvgIpc) is 2.45. The van der Waals surface area contributed by atoms with Gasteiger partial charge in [-0.1, -0.05) is 26.0 Å². The van der Waals surface area contributed by atoms with Crippen LogP contribution in [0, 0.1) is 5.92 Å². The van der Waals surface area contributed by atoms with Gasteiger partial charge in [0.2, 0.25) is 0 Å². The zero-order valence-corrected chi connectivity index (χ0v) is 14.1. The van der Waals surface area contributed by atoms with Gasteiger partial charge in [-0.2, -0.15) is 0 Å². The summed E-state index contributed by atoms with van der Waals surface area (Å²) in [7, 11) is 4.08. The molecule has 0 saturated carbocycles. The van der Waals surface area contributed by atoms with Crippen LogP contribution in [0.2, 0.25) is 0 Å². The lowest BCUT2D eigenvalue weighted by molar-refractivity contribution is -0.904. The van der Waals surface area contributed by atoms with Crippen molar-refractivity contribution in [3.8, 4) is 0 Å². The Hall–Kier alpha value is -1.55. The number of hydrogen-bond acceptors (Lipinski definition) is 2. The standard InChI is InChI=1S/C17H29N3O/c1-6-20(13-17(21)18-11-14(2)3)12-15-7-9-16(10-8-15)19(4)5/h7-10,14H,6,11-13H2,1-5H3,(H,18,21)/p+1. The maximum Gasteiger partial charge on any atom is 0.275 e. The summed E-state index contributed by atoms with van der Waals surface area (Å²) < 4.78 is 0. The number of likely N-dealkylation sites (N-methyl/N-ethyl adjacent to an activating group) is 1. The number of anilines is 1. The van der Waals surface area contributed by atoms with Crippen LogP contribution in [0.25, 0.3) is 0 Å². The quantitative estimate of drug-likeness (QED) is 0.748. The van der Waals surface area contributed by atoms with Crippen molar-refractivity contribution in [1.82, 2.24) is 5.32 Å². The lowest BCUT2D eigenvalue weighted by Crippen LogP contribution is -3.11. The number of rotatable bonds is 8. The highest BCUT2D eigenvalue weighted by atomic mass is 16.2. The van der Waals surface area contributed by atoms with Gasteiger partial charge in [-0.15, -0.1) is 0 Å². The van der Waals surface area contributed by atoms with Gasteiger partial charge in [0.15, 0.2) is 6.54 Å². The van der Waals surface area contributed by atoms with E-state index in [0.29, 0.717) is 12.5 Å². The predicted octanol–water partition coefficient (Wildman–Crippen LogP) is 0.930. The molecular weight excluding hydrogens is 262 g/mol. The third-order valence-electron chi connectivity index (χ3n) is 3.52. The number of benzene rings is 1. The van der Waals surface area contributed by atoms with Crippen LogP contribution in [0.15, 0.2) is 24.3 Å². The predicted molar refractivity (Wildman–Crippen MR) is 88.7 cm³/mol. The van der Waals surface area contributed by atoms with Crippen molar-refractivity contribution < 1.29 is 9.69 Å². The van der Waals surface area contributed by atoms with Gasteiger partial charge in [-0.05, 0) is 25.0 Å². The lowest BCUT2D eigenvalue weighted by Gasteiger charge is -2.18. The first kappa shape index (κ1) is 17.5. The Morgan fingerprint density at radius 1 is 1.24 bits per heavy atom. The van der Waals surface area contributed by atoms with Crippen molar-refractivity contribution >= 4 is 11.6 Å². The molecule has 0 spiro atoms. The molecule has 0 aromatic heterocycles. The summed E-state index contributed by atoms with van der Waals surface area (Å²) in [6, 6.07) is 8.55. The van der Waals surface area contributed by atoms with Gasteiger partial charge in [0, 0.05) is 31.9 Å². The number of amides is 1. The van der Waals surface area contributed by atoms with E-state index in [1.165, 1.54) is 16.2 Å². The van der Waals surface area contributed by atoms with Gasteiger partial charge in [0.1, 0.15) is 6.54 Å². The van der Waals surface area contributed by atoms with Gasteiger partial charge in [-0.25, -0.2) is 0 Å². The Balaban J connectivity index is 2.51. The van der Waals surface area contributed by atoms with Gasteiger partial charge in [0.25, 0.3) is 5.91 Å². The molecule has 1 aromatic carbocycles. The highest BCUT2D eigenvalue weighted by Crippen LogP contribution is 2.11. The smallest absolute Gasteiger partial charge is 0.275 e. The summed E-state index contributed by atoms with van der Waals surface area (Å²) in [6.45, 7) is 9.48. The second-order valence-electron chi connectivity index (χ2n) is 6.22. The SMILES string of the molecule is CC[NH+](CC(=O)NCC(C)C)Cc1ccc(N(C)C)cc1. The number of carbonyl (C=O) groups is 1. The topological polar surface area (TPSA) is 36.8 Å². The molecule has 0 heterocycles. The van der Waals surface area contributed by atoms with E-state index in [4.69, 9.17) is 0 Å². The van der Waals surface area contributed by atoms with E-state index in [-0.39, 0.29) is 5.91 Å². The molecule has 0 bridgehead atoms. The molecule has 0 aliphatic heterocycles. The van der Waals surface area contributed by atoms with Gasteiger partial charge in [0.05, 0.1) is 6.54 Å². The third-order valence-corrected chi connectivity index (χ3v) is 3.52. The minimum absolute atomic E-state index is 0.144. The second kappa shape index (κ2) is 8.67. The number of nitrogens with one attached hydrogen (secondary N) is 2.